The van der Waals surface area contributed by atoms with Gasteiger partial charge in [-0.05, 0) is 35.9 Å². The summed E-state index contributed by atoms with van der Waals surface area (Å²) >= 11 is 4.64. The van der Waals surface area contributed by atoms with E-state index in [-0.39, 0.29) is 15.9 Å². The van der Waals surface area contributed by atoms with Gasteiger partial charge in [0.05, 0.1) is 4.92 Å². The smallest absolute Gasteiger partial charge is 0.269 e. The van der Waals surface area contributed by atoms with Gasteiger partial charge in [0, 0.05) is 19.1 Å². The second-order valence-corrected chi connectivity index (χ2v) is 4.13. The molecule has 86 valence electrons. The van der Waals surface area contributed by atoms with E-state index in [2.05, 4.69) is 11.6 Å². The van der Waals surface area contributed by atoms with Gasteiger partial charge < -0.3 is 0 Å². The molecule has 5 heteroatoms. The van der Waals surface area contributed by atoms with Gasteiger partial charge in [-0.1, -0.05) is 12.1 Å². The molecule has 1 aromatic rings. The number of nitro benzene ring substituents is 1. The normalized spacial score (nSPS) is 13.6. The number of hydrogen-bond acceptors (Lipinski definition) is 3. The highest BCUT2D eigenvalue weighted by atomic mass is 35.5. The Morgan fingerprint density at radius 1 is 1.38 bits per heavy atom. The molecule has 1 aromatic carbocycles. The van der Waals surface area contributed by atoms with Crippen molar-refractivity contribution in [2.24, 2.45) is 0 Å². The van der Waals surface area contributed by atoms with Crippen LogP contribution in [0.2, 0.25) is 0 Å². The molecule has 0 spiro atoms. The first kappa shape index (κ1) is 12.6. The third-order valence-corrected chi connectivity index (χ3v) is 2.15. The minimum absolute atomic E-state index is 0.180. The van der Waals surface area contributed by atoms with Crippen LogP contribution in [0, 0.1) is 10.1 Å². The molecule has 0 saturated heterocycles. The molecular formula is C11H12ClNO3. The molecule has 0 N–H and O–H groups in total. The SMILES string of the molecule is CC(=O)Cl.O=[N+]([O-])c1ccc(C2CC2)cc1. The average Bonchev–Trinajstić information content (AvgIpc) is 3.00. The van der Waals surface area contributed by atoms with Crippen molar-refractivity contribution in [3.8, 4) is 0 Å². The van der Waals surface area contributed by atoms with Crippen molar-refractivity contribution in [2.75, 3.05) is 0 Å². The molecule has 1 saturated carbocycles. The van der Waals surface area contributed by atoms with Crippen LogP contribution in [0.1, 0.15) is 31.2 Å². The molecular weight excluding hydrogens is 230 g/mol. The molecule has 4 nitrogen and oxygen atoms in total. The molecule has 1 aliphatic rings. The number of halogens is 1. The quantitative estimate of drug-likeness (QED) is 0.454. The van der Waals surface area contributed by atoms with E-state index in [0.29, 0.717) is 5.92 Å². The van der Waals surface area contributed by atoms with Gasteiger partial charge in [0.25, 0.3) is 5.69 Å². The molecule has 0 heterocycles. The fourth-order valence-electron chi connectivity index (χ4n) is 1.28. The molecule has 0 bridgehead atoms. The van der Waals surface area contributed by atoms with E-state index < -0.39 is 0 Å². The van der Waals surface area contributed by atoms with Crippen molar-refractivity contribution in [2.45, 2.75) is 25.7 Å². The Hall–Kier alpha value is -1.42. The Kier molecular flexibility index (Phi) is 4.43. The van der Waals surface area contributed by atoms with Crippen LogP contribution in [-0.2, 0) is 4.79 Å². The summed E-state index contributed by atoms with van der Waals surface area (Å²) in [6.07, 6.45) is 2.47. The fraction of sp³-hybridized carbons (Fsp3) is 0.364. The summed E-state index contributed by atoms with van der Waals surface area (Å²) in [6.45, 7) is 1.29. The molecule has 0 aliphatic heterocycles. The zero-order valence-corrected chi connectivity index (χ0v) is 9.61. The van der Waals surface area contributed by atoms with Crippen LogP contribution in [0.4, 0.5) is 5.69 Å². The van der Waals surface area contributed by atoms with E-state index in [1.165, 1.54) is 25.3 Å². The lowest BCUT2D eigenvalue weighted by molar-refractivity contribution is -0.384. The molecule has 0 radical (unpaired) electrons. The first-order chi connectivity index (χ1) is 7.50. The average molecular weight is 242 g/mol. The van der Waals surface area contributed by atoms with Gasteiger partial charge >= 0.3 is 0 Å². The topological polar surface area (TPSA) is 60.2 Å². The standard InChI is InChI=1S/C9H9NO2.C2H3ClO/c11-10(12)9-5-3-8(4-6-9)7-1-2-7;1-2(3)4/h3-7H,1-2H2;1H3. The van der Waals surface area contributed by atoms with E-state index in [0.717, 1.165) is 0 Å². The number of benzene rings is 1. The lowest BCUT2D eigenvalue weighted by atomic mass is 10.1. The number of hydrogen-bond donors (Lipinski definition) is 0. The number of non-ortho nitro benzene ring substituents is 1. The third-order valence-electron chi connectivity index (χ3n) is 2.15. The second kappa shape index (κ2) is 5.61. The van der Waals surface area contributed by atoms with Gasteiger partial charge in [-0.3, -0.25) is 14.9 Å². The van der Waals surface area contributed by atoms with Gasteiger partial charge in [0.2, 0.25) is 5.24 Å². The minimum Gasteiger partial charge on any atom is -0.282 e. The molecule has 0 atom stereocenters. The van der Waals surface area contributed by atoms with Gasteiger partial charge in [0.1, 0.15) is 0 Å². The van der Waals surface area contributed by atoms with Crippen molar-refractivity contribution >= 4 is 22.5 Å². The maximum absolute atomic E-state index is 10.3. The summed E-state index contributed by atoms with van der Waals surface area (Å²) in [7, 11) is 0. The van der Waals surface area contributed by atoms with Crippen molar-refractivity contribution in [3.63, 3.8) is 0 Å². The first-order valence-electron chi connectivity index (χ1n) is 4.91. The zero-order chi connectivity index (χ0) is 12.1. The highest BCUT2D eigenvalue weighted by molar-refractivity contribution is 6.62. The van der Waals surface area contributed by atoms with Crippen molar-refractivity contribution in [1.29, 1.82) is 0 Å². The third kappa shape index (κ3) is 4.40. The summed E-state index contributed by atoms with van der Waals surface area (Å²) in [5.74, 6) is 0.672. The zero-order valence-electron chi connectivity index (χ0n) is 8.85. The number of carbonyl (C=O) groups excluding carboxylic acids is 1. The van der Waals surface area contributed by atoms with Crippen molar-refractivity contribution < 1.29 is 9.72 Å². The van der Waals surface area contributed by atoms with Crippen LogP contribution in [0.15, 0.2) is 24.3 Å². The predicted octanol–water partition coefficient (Wildman–Crippen LogP) is 3.24. The molecule has 0 amide bonds. The van der Waals surface area contributed by atoms with Gasteiger partial charge in [-0.2, -0.15) is 0 Å². The van der Waals surface area contributed by atoms with Gasteiger partial charge in [-0.25, -0.2) is 0 Å². The second-order valence-electron chi connectivity index (χ2n) is 3.59. The summed E-state index contributed by atoms with van der Waals surface area (Å²) in [4.78, 5) is 19.1. The lowest BCUT2D eigenvalue weighted by Crippen LogP contribution is -1.87. The Balaban J connectivity index is 0.000000280. The summed E-state index contributed by atoms with van der Waals surface area (Å²) in [5.41, 5.74) is 1.42. The first-order valence-corrected chi connectivity index (χ1v) is 5.29. The molecule has 2 rings (SSSR count). The molecule has 0 aromatic heterocycles. The number of nitro groups is 1. The Labute approximate surface area is 98.4 Å². The van der Waals surface area contributed by atoms with E-state index in [9.17, 15) is 14.9 Å². The van der Waals surface area contributed by atoms with Crippen molar-refractivity contribution in [3.05, 3.63) is 39.9 Å². The predicted molar refractivity (Wildman–Crippen MR) is 61.6 cm³/mol. The van der Waals surface area contributed by atoms with Crippen LogP contribution in [0.25, 0.3) is 0 Å². The highest BCUT2D eigenvalue weighted by Gasteiger charge is 2.23. The number of nitrogens with zero attached hydrogens (tertiary/aromatic N) is 1. The number of rotatable bonds is 2. The van der Waals surface area contributed by atoms with Gasteiger partial charge in [0.15, 0.2) is 0 Å². The Bertz CT molecular complexity index is 381. The highest BCUT2D eigenvalue weighted by Crippen LogP contribution is 2.40. The summed E-state index contributed by atoms with van der Waals surface area (Å²) in [6, 6.07) is 6.87. The van der Waals surface area contributed by atoms with Crippen LogP contribution in [-0.4, -0.2) is 10.2 Å². The molecule has 16 heavy (non-hydrogen) atoms. The number of carbonyl (C=O) groups is 1. The lowest BCUT2D eigenvalue weighted by Gasteiger charge is -1.95. The summed E-state index contributed by atoms with van der Waals surface area (Å²) in [5, 5.41) is 9.94. The van der Waals surface area contributed by atoms with Crippen LogP contribution < -0.4 is 0 Å². The maximum Gasteiger partial charge on any atom is 0.269 e. The monoisotopic (exact) mass is 241 g/mol. The van der Waals surface area contributed by atoms with Gasteiger partial charge in [-0.15, -0.1) is 0 Å². The summed E-state index contributed by atoms with van der Waals surface area (Å²) < 4.78 is 0. The van der Waals surface area contributed by atoms with E-state index in [4.69, 9.17) is 0 Å². The van der Waals surface area contributed by atoms with E-state index in [1.807, 2.05) is 12.1 Å². The molecule has 1 fully saturated rings. The molecule has 0 unspecified atom stereocenters. The van der Waals surface area contributed by atoms with Crippen LogP contribution in [0.3, 0.4) is 0 Å². The van der Waals surface area contributed by atoms with E-state index >= 15 is 0 Å². The molecule has 1 aliphatic carbocycles. The maximum atomic E-state index is 10.3. The largest absolute Gasteiger partial charge is 0.282 e. The van der Waals surface area contributed by atoms with Crippen molar-refractivity contribution in [1.82, 2.24) is 0 Å². The van der Waals surface area contributed by atoms with Crippen LogP contribution in [0.5, 0.6) is 0 Å². The fourth-order valence-corrected chi connectivity index (χ4v) is 1.28. The Morgan fingerprint density at radius 2 is 1.81 bits per heavy atom. The Morgan fingerprint density at radius 3 is 2.12 bits per heavy atom. The van der Waals surface area contributed by atoms with Crippen LogP contribution >= 0.6 is 11.6 Å². The minimum atomic E-state index is -0.364. The van der Waals surface area contributed by atoms with E-state index in [1.54, 1.807) is 12.1 Å².